The van der Waals surface area contributed by atoms with E-state index in [0.717, 1.165) is 18.6 Å². The molecule has 0 radical (unpaired) electrons. The van der Waals surface area contributed by atoms with Crippen LogP contribution < -0.4 is 16.0 Å². The molecule has 2 aromatic heterocycles. The number of amides is 1. The van der Waals surface area contributed by atoms with Crippen LogP contribution in [0.3, 0.4) is 0 Å². The van der Waals surface area contributed by atoms with Gasteiger partial charge in [0.2, 0.25) is 10.0 Å². The number of sulfonamides is 1. The number of carbonyl (C=O) groups excluding carboxylic acids is 1. The Hall–Kier alpha value is -2.53. The summed E-state index contributed by atoms with van der Waals surface area (Å²) in [6.07, 6.45) is 3.18. The second kappa shape index (κ2) is 4.86. The summed E-state index contributed by atoms with van der Waals surface area (Å²) in [6.45, 7) is 0. The monoisotopic (exact) mass is 298 g/mol. The average molecular weight is 298 g/mol. The number of H-pyrrole nitrogens is 1. The zero-order chi connectivity index (χ0) is 14.9. The molecular formula is C9H10N6O4S. The number of nitrogens with one attached hydrogen (secondary N) is 2. The first-order valence-corrected chi connectivity index (χ1v) is 6.74. The molecule has 0 saturated carbocycles. The molecule has 2 aromatic rings. The number of aromatic nitrogens is 4. The van der Waals surface area contributed by atoms with Gasteiger partial charge in [-0.3, -0.25) is 14.3 Å². The van der Waals surface area contributed by atoms with E-state index in [1.54, 1.807) is 0 Å². The fraction of sp³-hybridized carbons (Fsp3) is 0.111. The molecule has 0 atom stereocenters. The number of hydrogen-bond donors (Lipinski definition) is 3. The number of carbonyl (C=O) groups is 1. The number of nitrogens with two attached hydrogens (primary N) is 1. The summed E-state index contributed by atoms with van der Waals surface area (Å²) in [7, 11) is -2.55. The molecule has 1 amide bonds. The molecule has 2 rings (SSSR count). The largest absolute Gasteiger partial charge is 0.325 e. The highest BCUT2D eigenvalue weighted by Gasteiger charge is 2.20. The molecule has 0 aromatic carbocycles. The third kappa shape index (κ3) is 2.89. The molecule has 0 spiro atoms. The Labute approximate surface area is 112 Å². The highest BCUT2D eigenvalue weighted by molar-refractivity contribution is 7.89. The van der Waals surface area contributed by atoms with Crippen LogP contribution in [0.25, 0.3) is 0 Å². The fourth-order valence-electron chi connectivity index (χ4n) is 1.40. The minimum atomic E-state index is -4.02. The molecule has 0 aliphatic heterocycles. The first-order valence-electron chi connectivity index (χ1n) is 5.20. The second-order valence-corrected chi connectivity index (χ2v) is 5.34. The molecule has 10 nitrogen and oxygen atoms in total. The summed E-state index contributed by atoms with van der Waals surface area (Å²) in [6, 6.07) is 0. The molecule has 0 aliphatic carbocycles. The van der Waals surface area contributed by atoms with Crippen molar-refractivity contribution in [3.8, 4) is 0 Å². The van der Waals surface area contributed by atoms with Gasteiger partial charge >= 0.3 is 0 Å². The molecular weight excluding hydrogens is 288 g/mol. The van der Waals surface area contributed by atoms with Crippen molar-refractivity contribution in [3.05, 3.63) is 34.6 Å². The van der Waals surface area contributed by atoms with Crippen molar-refractivity contribution in [3.63, 3.8) is 0 Å². The van der Waals surface area contributed by atoms with E-state index in [2.05, 4.69) is 20.4 Å². The van der Waals surface area contributed by atoms with Gasteiger partial charge in [0.15, 0.2) is 5.82 Å². The Morgan fingerprint density at radius 2 is 2.20 bits per heavy atom. The maximum atomic E-state index is 11.8. The number of aromatic amines is 1. The number of hydrogen-bond acceptors (Lipinski definition) is 6. The van der Waals surface area contributed by atoms with Crippen LogP contribution in [0.1, 0.15) is 10.5 Å². The van der Waals surface area contributed by atoms with E-state index in [4.69, 9.17) is 5.14 Å². The van der Waals surface area contributed by atoms with Crippen molar-refractivity contribution < 1.29 is 13.2 Å². The number of rotatable bonds is 3. The van der Waals surface area contributed by atoms with Crippen LogP contribution >= 0.6 is 0 Å². The predicted molar refractivity (Wildman–Crippen MR) is 67.4 cm³/mol. The van der Waals surface area contributed by atoms with Gasteiger partial charge in [-0.05, 0) is 0 Å². The van der Waals surface area contributed by atoms with Crippen molar-refractivity contribution in [2.45, 2.75) is 4.90 Å². The first kappa shape index (κ1) is 13.9. The molecule has 106 valence electrons. The third-order valence-electron chi connectivity index (χ3n) is 2.24. The number of primary sulfonamides is 1. The second-order valence-electron chi connectivity index (χ2n) is 3.81. The van der Waals surface area contributed by atoms with Crippen LogP contribution in [0.5, 0.6) is 0 Å². The number of aryl methyl sites for hydroxylation is 1. The Kier molecular flexibility index (Phi) is 3.38. The number of anilines is 1. The van der Waals surface area contributed by atoms with Crippen molar-refractivity contribution in [2.24, 2.45) is 12.2 Å². The van der Waals surface area contributed by atoms with E-state index < -0.39 is 21.5 Å². The van der Waals surface area contributed by atoms with E-state index in [-0.39, 0.29) is 16.4 Å². The first-order chi connectivity index (χ1) is 9.27. The topological polar surface area (TPSA) is 153 Å². The standard InChI is InChI=1S/C9H10N6O4S/c1-15-4-6(20(10,18)19)8(14-15)13-9(17)5-2-12-7(16)3-11-5/h2-4H,1H3,(H,12,16)(H2,10,18,19)(H,13,14,17). The fourth-order valence-corrected chi connectivity index (χ4v) is 2.06. The van der Waals surface area contributed by atoms with Crippen molar-refractivity contribution in [2.75, 3.05) is 5.32 Å². The maximum Gasteiger partial charge on any atom is 0.277 e. The zero-order valence-electron chi connectivity index (χ0n) is 10.2. The highest BCUT2D eigenvalue weighted by Crippen LogP contribution is 2.17. The summed E-state index contributed by atoms with van der Waals surface area (Å²) in [5.74, 6) is -0.946. The highest BCUT2D eigenvalue weighted by atomic mass is 32.2. The number of nitrogens with zero attached hydrogens (tertiary/aromatic N) is 3. The molecule has 11 heteroatoms. The van der Waals surface area contributed by atoms with Crippen LogP contribution in [-0.2, 0) is 17.1 Å². The Morgan fingerprint density at radius 1 is 1.50 bits per heavy atom. The Balaban J connectivity index is 2.33. The van der Waals surface area contributed by atoms with Crippen LogP contribution in [-0.4, -0.2) is 34.1 Å². The molecule has 0 fully saturated rings. The van der Waals surface area contributed by atoms with Crippen LogP contribution in [0, 0.1) is 0 Å². The summed E-state index contributed by atoms with van der Waals surface area (Å²) < 4.78 is 23.9. The quantitative estimate of drug-likeness (QED) is 0.620. The van der Waals surface area contributed by atoms with Gasteiger partial charge in [0.1, 0.15) is 10.6 Å². The lowest BCUT2D eigenvalue weighted by Gasteiger charge is -2.02. The molecule has 20 heavy (non-hydrogen) atoms. The van der Waals surface area contributed by atoms with E-state index in [1.807, 2.05) is 0 Å². The Morgan fingerprint density at radius 3 is 2.75 bits per heavy atom. The van der Waals surface area contributed by atoms with E-state index in [9.17, 15) is 18.0 Å². The maximum absolute atomic E-state index is 11.8. The van der Waals surface area contributed by atoms with Crippen LogP contribution in [0.2, 0.25) is 0 Å². The summed E-state index contributed by atoms with van der Waals surface area (Å²) in [5.41, 5.74) is -0.569. The lowest BCUT2D eigenvalue weighted by atomic mass is 10.4. The van der Waals surface area contributed by atoms with Gasteiger partial charge in [0, 0.05) is 19.4 Å². The van der Waals surface area contributed by atoms with Gasteiger partial charge in [0.05, 0.1) is 6.20 Å². The van der Waals surface area contributed by atoms with Gasteiger partial charge in [-0.15, -0.1) is 0 Å². The minimum absolute atomic E-state index is 0.101. The third-order valence-corrected chi connectivity index (χ3v) is 3.15. The van der Waals surface area contributed by atoms with Crippen molar-refractivity contribution in [1.29, 1.82) is 0 Å². The van der Waals surface area contributed by atoms with Gasteiger partial charge in [-0.25, -0.2) is 18.5 Å². The van der Waals surface area contributed by atoms with Crippen LogP contribution in [0.4, 0.5) is 5.82 Å². The van der Waals surface area contributed by atoms with E-state index >= 15 is 0 Å². The molecule has 0 unspecified atom stereocenters. The molecule has 0 saturated heterocycles. The SMILES string of the molecule is Cn1cc(S(N)(=O)=O)c(NC(=O)c2c[nH]c(=O)cn2)n1. The molecule has 4 N–H and O–H groups in total. The molecule has 2 heterocycles. The van der Waals surface area contributed by atoms with Gasteiger partial charge in [0.25, 0.3) is 11.5 Å². The minimum Gasteiger partial charge on any atom is -0.325 e. The van der Waals surface area contributed by atoms with E-state index in [1.165, 1.54) is 11.7 Å². The lowest BCUT2D eigenvalue weighted by molar-refractivity contribution is 0.102. The smallest absolute Gasteiger partial charge is 0.277 e. The summed E-state index contributed by atoms with van der Waals surface area (Å²) in [4.78, 5) is 28.2. The van der Waals surface area contributed by atoms with Crippen molar-refractivity contribution >= 4 is 21.7 Å². The molecule has 0 bridgehead atoms. The lowest BCUT2D eigenvalue weighted by Crippen LogP contribution is -2.20. The predicted octanol–water partition coefficient (Wildman–Crippen LogP) is -1.60. The normalized spacial score (nSPS) is 11.3. The zero-order valence-corrected chi connectivity index (χ0v) is 11.0. The van der Waals surface area contributed by atoms with Gasteiger partial charge in [-0.2, -0.15) is 5.10 Å². The van der Waals surface area contributed by atoms with Gasteiger partial charge in [-0.1, -0.05) is 0 Å². The van der Waals surface area contributed by atoms with Crippen LogP contribution in [0.15, 0.2) is 28.3 Å². The van der Waals surface area contributed by atoms with Gasteiger partial charge < -0.3 is 10.3 Å². The van der Waals surface area contributed by atoms with E-state index in [0.29, 0.717) is 0 Å². The summed E-state index contributed by atoms with van der Waals surface area (Å²) >= 11 is 0. The molecule has 0 aliphatic rings. The van der Waals surface area contributed by atoms with Crippen molar-refractivity contribution in [1.82, 2.24) is 19.7 Å². The Bertz CT molecular complexity index is 801. The summed E-state index contributed by atoms with van der Waals surface area (Å²) in [5, 5.41) is 11.1. The average Bonchev–Trinajstić information content (AvgIpc) is 2.71.